The molecule has 0 aromatic rings. The standard InChI is InChI=1S/C8H16N.C3H4O2.ClH/c1-5-7-9(3,4)8-6-2;1-2-3(4)5;/h5-6H,1-2,7-8H2,3-4H3;2H,1H2,(H,4,5);1H/q+1;;. The van der Waals surface area contributed by atoms with Gasteiger partial charge in [-0.3, -0.25) is 0 Å². The summed E-state index contributed by atoms with van der Waals surface area (Å²) in [5.41, 5.74) is 0. The molecule has 88 valence electrons. The van der Waals surface area contributed by atoms with Crippen LogP contribution in [0.2, 0.25) is 0 Å². The van der Waals surface area contributed by atoms with Crippen molar-refractivity contribution in [2.75, 3.05) is 27.2 Å². The van der Waals surface area contributed by atoms with Gasteiger partial charge in [-0.05, 0) is 12.2 Å². The highest BCUT2D eigenvalue weighted by atomic mass is 35.5. The van der Waals surface area contributed by atoms with E-state index in [1.807, 2.05) is 12.2 Å². The predicted molar refractivity (Wildman–Crippen MR) is 67.3 cm³/mol. The first-order chi connectivity index (χ1) is 6.39. The average molecular weight is 235 g/mol. The highest BCUT2D eigenvalue weighted by molar-refractivity contribution is 5.85. The molecule has 0 amide bonds. The Bertz CT molecular complexity index is 201. The molecular formula is C11H21ClNO2+. The minimum Gasteiger partial charge on any atom is -0.478 e. The summed E-state index contributed by atoms with van der Waals surface area (Å²) in [6.07, 6.45) is 4.70. The van der Waals surface area contributed by atoms with Crippen molar-refractivity contribution in [3.8, 4) is 0 Å². The molecular weight excluding hydrogens is 214 g/mol. The molecule has 0 aromatic heterocycles. The van der Waals surface area contributed by atoms with Crippen molar-refractivity contribution >= 4 is 18.4 Å². The SMILES string of the molecule is C=CC(=O)O.C=CC[N+](C)(C)CC=C.Cl. The summed E-state index contributed by atoms with van der Waals surface area (Å²) >= 11 is 0. The smallest absolute Gasteiger partial charge is 0.327 e. The molecule has 0 rings (SSSR count). The topological polar surface area (TPSA) is 37.3 Å². The zero-order valence-corrected chi connectivity index (χ0v) is 10.3. The molecule has 0 aromatic carbocycles. The lowest BCUT2D eigenvalue weighted by molar-refractivity contribution is -0.878. The van der Waals surface area contributed by atoms with Crippen molar-refractivity contribution in [1.29, 1.82) is 0 Å². The van der Waals surface area contributed by atoms with E-state index >= 15 is 0 Å². The third-order valence-electron chi connectivity index (χ3n) is 1.42. The summed E-state index contributed by atoms with van der Waals surface area (Å²) in [7, 11) is 4.31. The van der Waals surface area contributed by atoms with Gasteiger partial charge in [0.2, 0.25) is 0 Å². The second-order valence-electron chi connectivity index (χ2n) is 3.42. The molecule has 1 N–H and O–H groups in total. The number of likely N-dealkylation sites (N-methyl/N-ethyl adjacent to an activating group) is 1. The lowest BCUT2D eigenvalue weighted by Gasteiger charge is -2.26. The van der Waals surface area contributed by atoms with E-state index in [1.165, 1.54) is 0 Å². The van der Waals surface area contributed by atoms with E-state index in [9.17, 15) is 4.79 Å². The second-order valence-corrected chi connectivity index (χ2v) is 3.42. The van der Waals surface area contributed by atoms with Crippen LogP contribution in [0.3, 0.4) is 0 Å². The van der Waals surface area contributed by atoms with Crippen LogP contribution in [0, 0.1) is 0 Å². The van der Waals surface area contributed by atoms with Gasteiger partial charge in [-0.25, -0.2) is 4.79 Å². The summed E-state index contributed by atoms with van der Waals surface area (Å²) in [5.74, 6) is -0.981. The first-order valence-corrected chi connectivity index (χ1v) is 4.28. The van der Waals surface area contributed by atoms with Crippen LogP contribution < -0.4 is 0 Å². The van der Waals surface area contributed by atoms with Gasteiger partial charge in [0.1, 0.15) is 0 Å². The molecule has 0 spiro atoms. The van der Waals surface area contributed by atoms with Gasteiger partial charge in [-0.15, -0.1) is 12.4 Å². The fourth-order valence-corrected chi connectivity index (χ4v) is 0.774. The molecule has 0 saturated heterocycles. The van der Waals surface area contributed by atoms with Crippen LogP contribution in [0.25, 0.3) is 0 Å². The number of carboxylic acids is 1. The minimum atomic E-state index is -0.981. The number of carboxylic acid groups (broad SMARTS) is 1. The fourth-order valence-electron chi connectivity index (χ4n) is 0.774. The molecule has 0 heterocycles. The Kier molecular flexibility index (Phi) is 14.3. The quantitative estimate of drug-likeness (QED) is 0.450. The first kappa shape index (κ1) is 19.5. The minimum absolute atomic E-state index is 0. The predicted octanol–water partition coefficient (Wildman–Crippen LogP) is 2.11. The number of carbonyl (C=O) groups is 1. The first-order valence-electron chi connectivity index (χ1n) is 4.28. The summed E-state index contributed by atoms with van der Waals surface area (Å²) in [5, 5.41) is 7.60. The molecule has 0 bridgehead atoms. The average Bonchev–Trinajstić information content (AvgIpc) is 2.05. The Morgan fingerprint density at radius 2 is 1.47 bits per heavy atom. The molecule has 0 atom stereocenters. The van der Waals surface area contributed by atoms with Crippen molar-refractivity contribution < 1.29 is 14.4 Å². The van der Waals surface area contributed by atoms with Crippen molar-refractivity contribution in [2.45, 2.75) is 0 Å². The third-order valence-corrected chi connectivity index (χ3v) is 1.42. The van der Waals surface area contributed by atoms with Gasteiger partial charge in [0, 0.05) is 6.08 Å². The van der Waals surface area contributed by atoms with Crippen molar-refractivity contribution in [3.05, 3.63) is 38.0 Å². The highest BCUT2D eigenvalue weighted by Crippen LogP contribution is 1.95. The van der Waals surface area contributed by atoms with Crippen molar-refractivity contribution in [2.24, 2.45) is 0 Å². The highest BCUT2D eigenvalue weighted by Gasteiger charge is 2.07. The molecule has 4 heteroatoms. The van der Waals surface area contributed by atoms with E-state index in [-0.39, 0.29) is 12.4 Å². The largest absolute Gasteiger partial charge is 0.478 e. The maximum Gasteiger partial charge on any atom is 0.327 e. The van der Waals surface area contributed by atoms with E-state index in [0.29, 0.717) is 0 Å². The monoisotopic (exact) mass is 234 g/mol. The molecule has 0 saturated carbocycles. The molecule has 0 aliphatic carbocycles. The number of aliphatic carboxylic acids is 1. The van der Waals surface area contributed by atoms with Crippen LogP contribution in [0.5, 0.6) is 0 Å². The molecule has 0 radical (unpaired) electrons. The normalized spacial score (nSPS) is 8.67. The van der Waals surface area contributed by atoms with Crippen LogP contribution in [-0.2, 0) is 4.79 Å². The second kappa shape index (κ2) is 11.0. The maximum atomic E-state index is 9.25. The van der Waals surface area contributed by atoms with Gasteiger partial charge >= 0.3 is 5.97 Å². The van der Waals surface area contributed by atoms with E-state index in [2.05, 4.69) is 33.8 Å². The number of hydrogen-bond acceptors (Lipinski definition) is 1. The molecule has 15 heavy (non-hydrogen) atoms. The summed E-state index contributed by atoms with van der Waals surface area (Å²) < 4.78 is 0.951. The lowest BCUT2D eigenvalue weighted by atomic mass is 10.4. The van der Waals surface area contributed by atoms with E-state index in [0.717, 1.165) is 23.6 Å². The number of halogens is 1. The number of hydrogen-bond donors (Lipinski definition) is 1. The number of rotatable bonds is 5. The van der Waals surface area contributed by atoms with Gasteiger partial charge in [-0.1, -0.05) is 19.7 Å². The van der Waals surface area contributed by atoms with Crippen LogP contribution in [0.4, 0.5) is 0 Å². The Balaban J connectivity index is -0.000000208. The Morgan fingerprint density at radius 3 is 1.60 bits per heavy atom. The van der Waals surface area contributed by atoms with Gasteiger partial charge in [0.25, 0.3) is 0 Å². The Labute approximate surface area is 98.4 Å². The van der Waals surface area contributed by atoms with Crippen LogP contribution >= 0.6 is 12.4 Å². The van der Waals surface area contributed by atoms with Gasteiger partial charge in [0.15, 0.2) is 0 Å². The zero-order chi connectivity index (χ0) is 11.6. The summed E-state index contributed by atoms with van der Waals surface area (Å²) in [4.78, 5) is 9.25. The Morgan fingerprint density at radius 1 is 1.20 bits per heavy atom. The lowest BCUT2D eigenvalue weighted by Crippen LogP contribution is -2.39. The number of quaternary nitrogens is 1. The van der Waals surface area contributed by atoms with Crippen LogP contribution in [0.15, 0.2) is 38.0 Å². The third kappa shape index (κ3) is 19.4. The fraction of sp³-hybridized carbons (Fsp3) is 0.364. The molecule has 0 fully saturated rings. The molecule has 0 aliphatic rings. The van der Waals surface area contributed by atoms with Gasteiger partial charge in [-0.2, -0.15) is 0 Å². The maximum absolute atomic E-state index is 9.25. The van der Waals surface area contributed by atoms with Crippen LogP contribution in [-0.4, -0.2) is 42.7 Å². The van der Waals surface area contributed by atoms with Crippen molar-refractivity contribution in [3.63, 3.8) is 0 Å². The van der Waals surface area contributed by atoms with Crippen molar-refractivity contribution in [1.82, 2.24) is 0 Å². The van der Waals surface area contributed by atoms with Gasteiger partial charge in [0.05, 0.1) is 27.2 Å². The zero-order valence-electron chi connectivity index (χ0n) is 9.48. The molecule has 0 unspecified atom stereocenters. The van der Waals surface area contributed by atoms with E-state index < -0.39 is 5.97 Å². The number of nitrogens with zero attached hydrogens (tertiary/aromatic N) is 1. The van der Waals surface area contributed by atoms with E-state index in [4.69, 9.17) is 5.11 Å². The molecule has 0 aliphatic heterocycles. The van der Waals surface area contributed by atoms with Gasteiger partial charge < -0.3 is 9.59 Å². The van der Waals surface area contributed by atoms with E-state index in [1.54, 1.807) is 0 Å². The Hall–Kier alpha value is -1.06. The summed E-state index contributed by atoms with van der Waals surface area (Å²) in [6, 6.07) is 0. The molecule has 3 nitrogen and oxygen atoms in total. The van der Waals surface area contributed by atoms with Crippen LogP contribution in [0.1, 0.15) is 0 Å². The summed E-state index contributed by atoms with van der Waals surface area (Å²) in [6.45, 7) is 12.3.